The van der Waals surface area contributed by atoms with E-state index >= 15 is 0 Å². The number of nitrogens with zero attached hydrogens (tertiary/aromatic N) is 3. The second-order valence-electron chi connectivity index (χ2n) is 6.36. The standard InChI is InChI=1S/C20H17F5N4O/c1-12-7-17(28-29(12)11-14-4-6-19(26-2)27-10-14)15(21)8-13-3-5-18(16(22)9-13)30-20(23,24)25/h3-10H,11H2,1-2H3,(H,26,27). The fourth-order valence-electron chi connectivity index (χ4n) is 2.66. The van der Waals surface area contributed by atoms with E-state index in [1.54, 1.807) is 30.9 Å². The number of aryl methyl sites for hydroxylation is 1. The van der Waals surface area contributed by atoms with Gasteiger partial charge < -0.3 is 10.1 Å². The van der Waals surface area contributed by atoms with Crippen LogP contribution in [0.4, 0.5) is 27.8 Å². The van der Waals surface area contributed by atoms with Crippen molar-refractivity contribution >= 4 is 17.7 Å². The number of aromatic nitrogens is 3. The molecule has 5 nitrogen and oxygen atoms in total. The zero-order valence-corrected chi connectivity index (χ0v) is 16.0. The maximum atomic E-state index is 14.6. The van der Waals surface area contributed by atoms with Crippen molar-refractivity contribution in [3.63, 3.8) is 0 Å². The first-order chi connectivity index (χ1) is 14.1. The van der Waals surface area contributed by atoms with E-state index in [1.807, 2.05) is 6.07 Å². The Morgan fingerprint density at radius 1 is 1.20 bits per heavy atom. The van der Waals surface area contributed by atoms with E-state index in [2.05, 4.69) is 20.1 Å². The fraction of sp³-hybridized carbons (Fsp3) is 0.200. The largest absolute Gasteiger partial charge is 0.573 e. The summed E-state index contributed by atoms with van der Waals surface area (Å²) in [5, 5.41) is 7.10. The molecule has 30 heavy (non-hydrogen) atoms. The fourth-order valence-corrected chi connectivity index (χ4v) is 2.66. The van der Waals surface area contributed by atoms with Gasteiger partial charge in [0.2, 0.25) is 0 Å². The number of pyridine rings is 1. The van der Waals surface area contributed by atoms with Gasteiger partial charge in [-0.3, -0.25) is 4.68 Å². The predicted molar refractivity (Wildman–Crippen MR) is 102 cm³/mol. The Bertz CT molecular complexity index is 1060. The van der Waals surface area contributed by atoms with Gasteiger partial charge in [-0.05, 0) is 48.4 Å². The van der Waals surface area contributed by atoms with Crippen LogP contribution in [0.5, 0.6) is 5.75 Å². The monoisotopic (exact) mass is 424 g/mol. The molecule has 0 aliphatic rings. The highest BCUT2D eigenvalue weighted by atomic mass is 19.4. The van der Waals surface area contributed by atoms with E-state index in [-0.39, 0.29) is 11.3 Å². The van der Waals surface area contributed by atoms with E-state index in [0.717, 1.165) is 29.8 Å². The molecule has 0 bridgehead atoms. The summed E-state index contributed by atoms with van der Waals surface area (Å²) in [4.78, 5) is 4.20. The Balaban J connectivity index is 1.78. The smallest absolute Gasteiger partial charge is 0.403 e. The SMILES string of the molecule is CNc1ccc(Cn2nc(C(F)=Cc3ccc(OC(F)(F)F)c(F)c3)cc2C)cn1. The summed E-state index contributed by atoms with van der Waals surface area (Å²) in [5.74, 6) is -2.29. The van der Waals surface area contributed by atoms with Gasteiger partial charge in [-0.1, -0.05) is 12.1 Å². The number of halogens is 5. The third-order valence-corrected chi connectivity index (χ3v) is 4.11. The van der Waals surface area contributed by atoms with Crippen molar-refractivity contribution in [1.29, 1.82) is 0 Å². The molecule has 2 heterocycles. The molecule has 0 aliphatic carbocycles. The van der Waals surface area contributed by atoms with Gasteiger partial charge in [0.15, 0.2) is 17.4 Å². The van der Waals surface area contributed by atoms with Crippen LogP contribution in [0.15, 0.2) is 42.6 Å². The minimum atomic E-state index is -5.02. The molecule has 1 N–H and O–H groups in total. The molecule has 1 aromatic carbocycles. The van der Waals surface area contributed by atoms with Gasteiger partial charge in [-0.2, -0.15) is 5.10 Å². The highest BCUT2D eigenvalue weighted by molar-refractivity contribution is 5.75. The Labute approximate surface area is 168 Å². The maximum absolute atomic E-state index is 14.6. The van der Waals surface area contributed by atoms with Crippen molar-refractivity contribution in [3.8, 4) is 5.75 Å². The van der Waals surface area contributed by atoms with Gasteiger partial charge in [0.1, 0.15) is 11.5 Å². The molecule has 0 fully saturated rings. The van der Waals surface area contributed by atoms with Crippen molar-refractivity contribution in [2.75, 3.05) is 12.4 Å². The molecule has 0 saturated carbocycles. The average Bonchev–Trinajstić information content (AvgIpc) is 3.04. The second-order valence-corrected chi connectivity index (χ2v) is 6.36. The van der Waals surface area contributed by atoms with Gasteiger partial charge in [0.05, 0.1) is 6.54 Å². The molecule has 0 spiro atoms. The summed E-state index contributed by atoms with van der Waals surface area (Å²) in [6, 6.07) is 7.82. The van der Waals surface area contributed by atoms with Crippen molar-refractivity contribution < 1.29 is 26.7 Å². The normalized spacial score (nSPS) is 12.2. The third-order valence-electron chi connectivity index (χ3n) is 4.11. The Kier molecular flexibility index (Phi) is 6.04. The van der Waals surface area contributed by atoms with E-state index in [9.17, 15) is 22.0 Å². The summed E-state index contributed by atoms with van der Waals surface area (Å²) in [7, 11) is 1.75. The van der Waals surface area contributed by atoms with Crippen LogP contribution in [0, 0.1) is 12.7 Å². The molecule has 0 unspecified atom stereocenters. The molecule has 2 aromatic heterocycles. The molecule has 0 radical (unpaired) electrons. The lowest BCUT2D eigenvalue weighted by atomic mass is 10.1. The number of hydrogen-bond acceptors (Lipinski definition) is 4. The van der Waals surface area contributed by atoms with Crippen LogP contribution in [0.3, 0.4) is 0 Å². The average molecular weight is 424 g/mol. The van der Waals surface area contributed by atoms with Gasteiger partial charge >= 0.3 is 6.36 Å². The predicted octanol–water partition coefficient (Wildman–Crippen LogP) is 5.18. The van der Waals surface area contributed by atoms with Crippen LogP contribution >= 0.6 is 0 Å². The van der Waals surface area contributed by atoms with Crippen LogP contribution in [-0.4, -0.2) is 28.2 Å². The zero-order valence-electron chi connectivity index (χ0n) is 16.0. The van der Waals surface area contributed by atoms with Crippen molar-refractivity contribution in [1.82, 2.24) is 14.8 Å². The molecular weight excluding hydrogens is 407 g/mol. The number of ether oxygens (including phenoxy) is 1. The molecule has 158 valence electrons. The van der Waals surface area contributed by atoms with Crippen LogP contribution in [0.25, 0.3) is 11.9 Å². The molecule has 0 atom stereocenters. The third kappa shape index (κ3) is 5.34. The highest BCUT2D eigenvalue weighted by Gasteiger charge is 2.32. The highest BCUT2D eigenvalue weighted by Crippen LogP contribution is 2.28. The number of anilines is 1. The van der Waals surface area contributed by atoms with E-state index in [4.69, 9.17) is 0 Å². The van der Waals surface area contributed by atoms with E-state index in [0.29, 0.717) is 18.1 Å². The summed E-state index contributed by atoms with van der Waals surface area (Å²) in [5.41, 5.74) is 1.59. The van der Waals surface area contributed by atoms with Gasteiger partial charge in [-0.15, -0.1) is 13.2 Å². The molecule has 10 heteroatoms. The van der Waals surface area contributed by atoms with Gasteiger partial charge in [0.25, 0.3) is 0 Å². The Morgan fingerprint density at radius 2 is 1.97 bits per heavy atom. The number of benzene rings is 1. The lowest BCUT2D eigenvalue weighted by molar-refractivity contribution is -0.275. The number of nitrogens with one attached hydrogen (secondary N) is 1. The summed E-state index contributed by atoms with van der Waals surface area (Å²) < 4.78 is 70.1. The first kappa shape index (κ1) is 21.3. The van der Waals surface area contributed by atoms with Gasteiger partial charge in [-0.25, -0.2) is 13.8 Å². The molecule has 0 aliphatic heterocycles. The summed E-state index contributed by atoms with van der Waals surface area (Å²) >= 11 is 0. The minimum absolute atomic E-state index is 0.0170. The van der Waals surface area contributed by atoms with Crippen LogP contribution < -0.4 is 10.1 Å². The summed E-state index contributed by atoms with van der Waals surface area (Å²) in [6.45, 7) is 2.12. The Morgan fingerprint density at radius 3 is 2.57 bits per heavy atom. The minimum Gasteiger partial charge on any atom is -0.403 e. The molecule has 0 amide bonds. The lowest BCUT2D eigenvalue weighted by Gasteiger charge is -2.09. The first-order valence-electron chi connectivity index (χ1n) is 8.74. The zero-order chi connectivity index (χ0) is 21.9. The summed E-state index contributed by atoms with van der Waals surface area (Å²) in [6.07, 6.45) is -2.36. The second kappa shape index (κ2) is 8.52. The van der Waals surface area contributed by atoms with Crippen LogP contribution in [-0.2, 0) is 6.54 Å². The number of rotatable bonds is 6. The van der Waals surface area contributed by atoms with E-state index < -0.39 is 23.8 Å². The first-order valence-corrected chi connectivity index (χ1v) is 8.74. The van der Waals surface area contributed by atoms with Crippen molar-refractivity contribution in [2.45, 2.75) is 19.8 Å². The maximum Gasteiger partial charge on any atom is 0.573 e. The molecule has 3 rings (SSSR count). The topological polar surface area (TPSA) is 52.0 Å². The number of hydrogen-bond donors (Lipinski definition) is 1. The van der Waals surface area contributed by atoms with Crippen molar-refractivity contribution in [2.24, 2.45) is 0 Å². The van der Waals surface area contributed by atoms with Crippen LogP contribution in [0.2, 0.25) is 0 Å². The van der Waals surface area contributed by atoms with Gasteiger partial charge in [0, 0.05) is 18.9 Å². The Hall–Kier alpha value is -3.43. The van der Waals surface area contributed by atoms with Crippen LogP contribution in [0.1, 0.15) is 22.5 Å². The number of alkyl halides is 3. The molecule has 0 saturated heterocycles. The quantitative estimate of drug-likeness (QED) is 0.554. The lowest BCUT2D eigenvalue weighted by Crippen LogP contribution is -2.17. The molecule has 3 aromatic rings. The molecular formula is C20H17F5N4O. The van der Waals surface area contributed by atoms with E-state index in [1.165, 1.54) is 6.07 Å². The van der Waals surface area contributed by atoms with Crippen molar-refractivity contribution in [3.05, 3.63) is 70.9 Å².